The standard InChI is InChI=1S/C16H25NO4/c1-9-5-6-12-10(2)13(17-4)18-14-16(12)11(9)7-8-15(3,19-14)20-21-16/h9-12,14H,5-8H2,1-4H3. The van der Waals surface area contributed by atoms with E-state index in [1.54, 1.807) is 7.05 Å². The molecule has 0 radical (unpaired) electrons. The zero-order valence-corrected chi connectivity index (χ0v) is 13.3. The summed E-state index contributed by atoms with van der Waals surface area (Å²) >= 11 is 0. The van der Waals surface area contributed by atoms with Gasteiger partial charge in [-0.25, -0.2) is 9.78 Å². The Balaban J connectivity index is 1.83. The van der Waals surface area contributed by atoms with Gasteiger partial charge in [0.25, 0.3) is 0 Å². The van der Waals surface area contributed by atoms with Gasteiger partial charge in [0.2, 0.25) is 12.1 Å². The van der Waals surface area contributed by atoms with E-state index in [9.17, 15) is 0 Å². The molecule has 2 bridgehead atoms. The Morgan fingerprint density at radius 1 is 1.10 bits per heavy atom. The first-order valence-electron chi connectivity index (χ1n) is 8.18. The second-order valence-electron chi connectivity index (χ2n) is 7.38. The lowest BCUT2D eigenvalue weighted by Gasteiger charge is -2.58. The van der Waals surface area contributed by atoms with Crippen molar-refractivity contribution in [3.8, 4) is 0 Å². The van der Waals surface area contributed by atoms with Crippen LogP contribution in [-0.2, 0) is 19.2 Å². The quantitative estimate of drug-likeness (QED) is 0.645. The van der Waals surface area contributed by atoms with Crippen LogP contribution in [0.1, 0.15) is 46.5 Å². The number of rotatable bonds is 0. The van der Waals surface area contributed by atoms with E-state index >= 15 is 0 Å². The minimum atomic E-state index is -0.697. The van der Waals surface area contributed by atoms with Gasteiger partial charge in [-0.2, -0.15) is 0 Å². The molecule has 0 aromatic rings. The fourth-order valence-corrected chi connectivity index (χ4v) is 5.03. The maximum atomic E-state index is 6.21. The summed E-state index contributed by atoms with van der Waals surface area (Å²) in [5.41, 5.74) is -0.471. The first-order chi connectivity index (χ1) is 10.00. The molecule has 5 nitrogen and oxygen atoms in total. The zero-order chi connectivity index (χ0) is 14.8. The second-order valence-corrected chi connectivity index (χ2v) is 7.38. The number of nitrogens with zero attached hydrogens (tertiary/aromatic N) is 1. The maximum absolute atomic E-state index is 6.21. The van der Waals surface area contributed by atoms with Crippen molar-refractivity contribution in [2.24, 2.45) is 28.7 Å². The Hall–Kier alpha value is -0.650. The van der Waals surface area contributed by atoms with E-state index in [4.69, 9.17) is 19.2 Å². The van der Waals surface area contributed by atoms with Crippen LogP contribution in [0.4, 0.5) is 0 Å². The Kier molecular flexibility index (Phi) is 2.95. The SMILES string of the molecule is CN=C1OC2OC3(C)CCC4C(C)CCC(C1C)C24OO3. The average molecular weight is 295 g/mol. The topological polar surface area (TPSA) is 49.3 Å². The lowest BCUT2D eigenvalue weighted by Crippen LogP contribution is -2.69. The molecule has 7 unspecified atom stereocenters. The third-order valence-corrected chi connectivity index (χ3v) is 6.22. The summed E-state index contributed by atoms with van der Waals surface area (Å²) < 4.78 is 12.3. The Labute approximate surface area is 125 Å². The third kappa shape index (κ3) is 1.71. The minimum absolute atomic E-state index is 0.246. The molecule has 21 heavy (non-hydrogen) atoms. The fourth-order valence-electron chi connectivity index (χ4n) is 5.03. The van der Waals surface area contributed by atoms with E-state index < -0.39 is 17.7 Å². The van der Waals surface area contributed by atoms with Gasteiger partial charge in [-0.05, 0) is 32.1 Å². The number of aliphatic imine (C=N–C) groups is 1. The van der Waals surface area contributed by atoms with E-state index in [0.29, 0.717) is 17.8 Å². The zero-order valence-electron chi connectivity index (χ0n) is 13.3. The molecular weight excluding hydrogens is 270 g/mol. The van der Waals surface area contributed by atoms with Crippen molar-refractivity contribution < 1.29 is 19.2 Å². The lowest BCUT2D eigenvalue weighted by atomic mass is 9.58. The van der Waals surface area contributed by atoms with Gasteiger partial charge < -0.3 is 9.47 Å². The smallest absolute Gasteiger partial charge is 0.237 e. The number of hydrogen-bond acceptors (Lipinski definition) is 5. The van der Waals surface area contributed by atoms with Crippen LogP contribution in [0, 0.1) is 23.7 Å². The average Bonchev–Trinajstić information content (AvgIpc) is 2.69. The summed E-state index contributed by atoms with van der Waals surface area (Å²) in [5.74, 6) is 1.72. The van der Waals surface area contributed by atoms with Crippen LogP contribution < -0.4 is 0 Å². The Morgan fingerprint density at radius 3 is 2.67 bits per heavy atom. The van der Waals surface area contributed by atoms with Crippen molar-refractivity contribution >= 4 is 5.90 Å². The summed E-state index contributed by atoms with van der Waals surface area (Å²) in [7, 11) is 1.79. The summed E-state index contributed by atoms with van der Waals surface area (Å²) in [6, 6.07) is 0. The minimum Gasteiger partial charge on any atom is -0.448 e. The van der Waals surface area contributed by atoms with Crippen molar-refractivity contribution in [2.45, 2.75) is 64.1 Å². The van der Waals surface area contributed by atoms with Gasteiger partial charge in [-0.15, -0.1) is 0 Å². The number of ether oxygens (including phenoxy) is 2. The van der Waals surface area contributed by atoms with Gasteiger partial charge in [-0.1, -0.05) is 13.8 Å². The highest BCUT2D eigenvalue weighted by atomic mass is 17.3. The van der Waals surface area contributed by atoms with E-state index in [-0.39, 0.29) is 5.92 Å². The van der Waals surface area contributed by atoms with Crippen LogP contribution in [0.2, 0.25) is 0 Å². The van der Waals surface area contributed by atoms with E-state index in [2.05, 4.69) is 18.8 Å². The molecule has 4 saturated heterocycles. The Bertz CT molecular complexity index is 481. The monoisotopic (exact) mass is 295 g/mol. The third-order valence-electron chi connectivity index (χ3n) is 6.22. The summed E-state index contributed by atoms with van der Waals surface area (Å²) in [5, 5.41) is 0. The molecule has 1 saturated carbocycles. The van der Waals surface area contributed by atoms with Gasteiger partial charge in [0.1, 0.15) is 0 Å². The summed E-state index contributed by atoms with van der Waals surface area (Å²) in [6.45, 7) is 6.46. The van der Waals surface area contributed by atoms with Crippen LogP contribution >= 0.6 is 0 Å². The van der Waals surface area contributed by atoms with Gasteiger partial charge in [-0.3, -0.25) is 4.99 Å². The normalized spacial score (nSPS) is 57.5. The molecule has 0 aromatic heterocycles. The highest BCUT2D eigenvalue weighted by Crippen LogP contribution is 2.59. The molecular formula is C16H25NO4. The van der Waals surface area contributed by atoms with Crippen LogP contribution in [0.5, 0.6) is 0 Å². The predicted octanol–water partition coefficient (Wildman–Crippen LogP) is 2.90. The highest BCUT2D eigenvalue weighted by molar-refractivity contribution is 5.80. The van der Waals surface area contributed by atoms with Crippen molar-refractivity contribution in [3.63, 3.8) is 0 Å². The number of hydrogen-bond donors (Lipinski definition) is 0. The molecule has 4 heterocycles. The molecule has 5 fully saturated rings. The molecule has 0 N–H and O–H groups in total. The maximum Gasteiger partial charge on any atom is 0.237 e. The van der Waals surface area contributed by atoms with Crippen molar-refractivity contribution in [1.29, 1.82) is 0 Å². The summed E-state index contributed by atoms with van der Waals surface area (Å²) in [4.78, 5) is 16.1. The van der Waals surface area contributed by atoms with E-state index in [1.165, 1.54) is 6.42 Å². The van der Waals surface area contributed by atoms with Crippen LogP contribution in [0.25, 0.3) is 0 Å². The molecule has 1 aliphatic carbocycles. The summed E-state index contributed by atoms with van der Waals surface area (Å²) in [6.07, 6.45) is 3.86. The van der Waals surface area contributed by atoms with E-state index in [0.717, 1.165) is 25.2 Å². The molecule has 7 atom stereocenters. The second kappa shape index (κ2) is 4.43. The molecule has 4 aliphatic heterocycles. The molecule has 5 aliphatic rings. The molecule has 0 aromatic carbocycles. The highest BCUT2D eigenvalue weighted by Gasteiger charge is 2.69. The van der Waals surface area contributed by atoms with Crippen LogP contribution in [-0.4, -0.2) is 30.6 Å². The van der Waals surface area contributed by atoms with Gasteiger partial charge in [0.15, 0.2) is 11.5 Å². The van der Waals surface area contributed by atoms with E-state index in [1.807, 2.05) is 6.92 Å². The van der Waals surface area contributed by atoms with Crippen LogP contribution in [0.15, 0.2) is 4.99 Å². The molecule has 0 amide bonds. The number of fused-ring (bicyclic) bond motifs is 2. The molecule has 118 valence electrons. The lowest BCUT2D eigenvalue weighted by molar-refractivity contribution is -0.557. The van der Waals surface area contributed by atoms with Crippen molar-refractivity contribution in [2.75, 3.05) is 7.05 Å². The van der Waals surface area contributed by atoms with Gasteiger partial charge >= 0.3 is 0 Å². The Morgan fingerprint density at radius 2 is 1.90 bits per heavy atom. The largest absolute Gasteiger partial charge is 0.448 e. The molecule has 5 rings (SSSR count). The van der Waals surface area contributed by atoms with Crippen molar-refractivity contribution in [1.82, 2.24) is 0 Å². The predicted molar refractivity (Wildman–Crippen MR) is 76.4 cm³/mol. The van der Waals surface area contributed by atoms with Crippen molar-refractivity contribution in [3.05, 3.63) is 0 Å². The fraction of sp³-hybridized carbons (Fsp3) is 0.938. The first kappa shape index (κ1) is 14.0. The van der Waals surface area contributed by atoms with Gasteiger partial charge in [0.05, 0.1) is 0 Å². The first-order valence-corrected chi connectivity index (χ1v) is 8.18. The molecule has 1 spiro atoms. The van der Waals surface area contributed by atoms with Gasteiger partial charge in [0, 0.05) is 31.2 Å². The van der Waals surface area contributed by atoms with Crippen LogP contribution in [0.3, 0.4) is 0 Å². The molecule has 5 heteroatoms.